The molecule has 0 radical (unpaired) electrons. The van der Waals surface area contributed by atoms with Crippen LogP contribution < -0.4 is 0 Å². The lowest BCUT2D eigenvalue weighted by Gasteiger charge is -1.87. The van der Waals surface area contributed by atoms with Gasteiger partial charge in [-0.15, -0.1) is 0 Å². The highest BCUT2D eigenvalue weighted by Gasteiger charge is 1.92. The van der Waals surface area contributed by atoms with E-state index in [1.165, 1.54) is 5.57 Å². The molecule has 13 heavy (non-hydrogen) atoms. The number of allylic oxidation sites excluding steroid dienone is 6. The fourth-order valence-electron chi connectivity index (χ4n) is 0.947. The van der Waals surface area contributed by atoms with Crippen molar-refractivity contribution < 1.29 is 0 Å². The lowest BCUT2D eigenvalue weighted by molar-refractivity contribution is 1.22. The Morgan fingerprint density at radius 3 is 2.46 bits per heavy atom. The summed E-state index contributed by atoms with van der Waals surface area (Å²) in [4.78, 5) is 0. The monoisotopic (exact) mass is 195 g/mol. The smallest absolute Gasteiger partial charge is 0.0869 e. The SMILES string of the molecule is C\C=C/C(C=[P+](C)C)=C\C=C\CC. The van der Waals surface area contributed by atoms with Crippen LogP contribution in [0.15, 0.2) is 36.0 Å². The number of hydrogen-bond donors (Lipinski definition) is 0. The fraction of sp³-hybridized carbons (Fsp3) is 0.417. The molecule has 0 aromatic rings. The highest BCUT2D eigenvalue weighted by Crippen LogP contribution is 2.11. The lowest BCUT2D eigenvalue weighted by atomic mass is 10.2. The second-order valence-corrected chi connectivity index (χ2v) is 5.28. The van der Waals surface area contributed by atoms with Gasteiger partial charge >= 0.3 is 0 Å². The molecule has 0 saturated carbocycles. The van der Waals surface area contributed by atoms with Crippen molar-refractivity contribution in [1.29, 1.82) is 0 Å². The molecule has 0 N–H and O–H groups in total. The maximum absolute atomic E-state index is 2.33. The predicted molar refractivity (Wildman–Crippen MR) is 67.2 cm³/mol. The van der Waals surface area contributed by atoms with Gasteiger partial charge in [-0.25, -0.2) is 0 Å². The van der Waals surface area contributed by atoms with E-state index in [0.717, 1.165) is 6.42 Å². The predicted octanol–water partition coefficient (Wildman–Crippen LogP) is 4.00. The Labute approximate surface area is 83.4 Å². The van der Waals surface area contributed by atoms with Crippen molar-refractivity contribution in [3.8, 4) is 0 Å². The van der Waals surface area contributed by atoms with Crippen LogP contribution in [0.2, 0.25) is 0 Å². The lowest BCUT2D eigenvalue weighted by Crippen LogP contribution is -1.77. The summed E-state index contributed by atoms with van der Waals surface area (Å²) in [6, 6.07) is 0. The van der Waals surface area contributed by atoms with Gasteiger partial charge in [-0.05, 0) is 13.3 Å². The van der Waals surface area contributed by atoms with Crippen LogP contribution in [0.4, 0.5) is 0 Å². The highest BCUT2D eigenvalue weighted by molar-refractivity contribution is 7.56. The molecule has 0 bridgehead atoms. The molecule has 0 aliphatic carbocycles. The third-order valence-electron chi connectivity index (χ3n) is 1.43. The average molecular weight is 195 g/mol. The maximum atomic E-state index is 2.33. The Balaban J connectivity index is 4.50. The largest absolute Gasteiger partial charge is 0.114 e. The molecular formula is C12H20P+. The van der Waals surface area contributed by atoms with Gasteiger partial charge in [-0.3, -0.25) is 0 Å². The zero-order valence-electron chi connectivity index (χ0n) is 9.12. The topological polar surface area (TPSA) is 0 Å². The summed E-state index contributed by atoms with van der Waals surface area (Å²) in [6.07, 6.45) is 11.8. The Morgan fingerprint density at radius 1 is 1.31 bits per heavy atom. The zero-order chi connectivity index (χ0) is 10.1. The standard InChI is InChI=1S/C12H20P/c1-5-7-8-10-12(9-6-2)11-13(3)4/h6-11H,5H2,1-4H3/q+1/b8-7+,9-6-,12-10+. The van der Waals surface area contributed by atoms with Crippen molar-refractivity contribution in [2.75, 3.05) is 13.3 Å². The summed E-state index contributed by atoms with van der Waals surface area (Å²) < 4.78 is 0. The molecular weight excluding hydrogens is 175 g/mol. The van der Waals surface area contributed by atoms with Gasteiger partial charge in [0.05, 0.1) is 20.9 Å². The minimum atomic E-state index is 0.0494. The molecule has 72 valence electrons. The second kappa shape index (κ2) is 8.01. The first-order valence-electron chi connectivity index (χ1n) is 4.71. The summed E-state index contributed by atoms with van der Waals surface area (Å²) in [7, 11) is 0.0494. The minimum Gasteiger partial charge on any atom is -0.0869 e. The summed E-state index contributed by atoms with van der Waals surface area (Å²) in [5, 5.41) is 0. The first-order chi connectivity index (χ1) is 6.20. The third kappa shape index (κ3) is 7.74. The van der Waals surface area contributed by atoms with Gasteiger partial charge in [0.15, 0.2) is 0 Å². The van der Waals surface area contributed by atoms with Gasteiger partial charge in [0.25, 0.3) is 0 Å². The van der Waals surface area contributed by atoms with Crippen molar-refractivity contribution in [3.63, 3.8) is 0 Å². The molecule has 1 heteroatoms. The molecule has 0 unspecified atom stereocenters. The molecule has 0 atom stereocenters. The molecule has 0 fully saturated rings. The molecule has 0 aromatic carbocycles. The van der Waals surface area contributed by atoms with Crippen LogP contribution in [0.25, 0.3) is 0 Å². The van der Waals surface area contributed by atoms with Crippen LogP contribution in [-0.2, 0) is 0 Å². The van der Waals surface area contributed by atoms with E-state index in [1.54, 1.807) is 0 Å². The Bertz CT molecular complexity index is 238. The summed E-state index contributed by atoms with van der Waals surface area (Å²) >= 11 is 0. The Hall–Kier alpha value is -0.610. The van der Waals surface area contributed by atoms with Gasteiger partial charge in [-0.2, -0.15) is 0 Å². The van der Waals surface area contributed by atoms with Crippen molar-refractivity contribution in [1.82, 2.24) is 0 Å². The highest BCUT2D eigenvalue weighted by atomic mass is 31.1. The second-order valence-electron chi connectivity index (χ2n) is 3.10. The minimum absolute atomic E-state index is 0.0494. The Morgan fingerprint density at radius 2 is 2.00 bits per heavy atom. The van der Waals surface area contributed by atoms with E-state index in [2.05, 4.69) is 63.4 Å². The fourth-order valence-corrected chi connectivity index (χ4v) is 1.72. The van der Waals surface area contributed by atoms with Gasteiger partial charge in [-0.1, -0.05) is 37.3 Å². The van der Waals surface area contributed by atoms with E-state index in [9.17, 15) is 0 Å². The normalized spacial score (nSPS) is 12.8. The average Bonchev–Trinajstić information content (AvgIpc) is 2.04. The maximum Gasteiger partial charge on any atom is 0.114 e. The number of rotatable bonds is 4. The first kappa shape index (κ1) is 12.4. The van der Waals surface area contributed by atoms with Crippen LogP contribution in [0, 0.1) is 0 Å². The molecule has 0 spiro atoms. The Kier molecular flexibility index (Phi) is 7.63. The molecule has 0 amide bonds. The van der Waals surface area contributed by atoms with Gasteiger partial charge in [0.1, 0.15) is 5.80 Å². The summed E-state index contributed by atoms with van der Waals surface area (Å²) in [5.41, 5.74) is 1.32. The molecule has 0 rings (SSSR count). The van der Waals surface area contributed by atoms with Gasteiger partial charge < -0.3 is 0 Å². The van der Waals surface area contributed by atoms with Crippen molar-refractivity contribution in [2.45, 2.75) is 20.3 Å². The van der Waals surface area contributed by atoms with Crippen molar-refractivity contribution in [2.24, 2.45) is 0 Å². The third-order valence-corrected chi connectivity index (χ3v) is 2.24. The van der Waals surface area contributed by atoms with Crippen molar-refractivity contribution >= 4 is 13.3 Å². The summed E-state index contributed by atoms with van der Waals surface area (Å²) in [6.45, 7) is 8.72. The van der Waals surface area contributed by atoms with E-state index < -0.39 is 0 Å². The van der Waals surface area contributed by atoms with E-state index in [4.69, 9.17) is 0 Å². The van der Waals surface area contributed by atoms with Gasteiger partial charge in [0, 0.05) is 5.57 Å². The zero-order valence-corrected chi connectivity index (χ0v) is 10.0. The van der Waals surface area contributed by atoms with E-state index in [1.807, 2.05) is 0 Å². The molecule has 0 aromatic heterocycles. The van der Waals surface area contributed by atoms with Crippen LogP contribution in [0.3, 0.4) is 0 Å². The molecule has 0 aliphatic rings. The van der Waals surface area contributed by atoms with Crippen LogP contribution in [0.5, 0.6) is 0 Å². The van der Waals surface area contributed by atoms with Crippen LogP contribution in [0.1, 0.15) is 20.3 Å². The van der Waals surface area contributed by atoms with E-state index >= 15 is 0 Å². The van der Waals surface area contributed by atoms with Crippen molar-refractivity contribution in [3.05, 3.63) is 36.0 Å². The number of hydrogen-bond acceptors (Lipinski definition) is 0. The molecule has 0 heterocycles. The van der Waals surface area contributed by atoms with E-state index in [0.29, 0.717) is 0 Å². The molecule has 0 aliphatic heterocycles. The van der Waals surface area contributed by atoms with E-state index in [-0.39, 0.29) is 7.55 Å². The molecule has 0 saturated heterocycles. The van der Waals surface area contributed by atoms with Gasteiger partial charge in [0.2, 0.25) is 0 Å². The summed E-state index contributed by atoms with van der Waals surface area (Å²) in [5.74, 6) is 2.33. The van der Waals surface area contributed by atoms with Crippen LogP contribution >= 0.6 is 7.55 Å². The quantitative estimate of drug-likeness (QED) is 0.470. The van der Waals surface area contributed by atoms with Crippen LogP contribution in [-0.4, -0.2) is 19.1 Å². The first-order valence-corrected chi connectivity index (χ1v) is 7.02. The molecule has 0 nitrogen and oxygen atoms in total.